The van der Waals surface area contributed by atoms with Gasteiger partial charge in [-0.1, -0.05) is 25.8 Å². The number of rotatable bonds is 4. The van der Waals surface area contributed by atoms with Gasteiger partial charge in [0, 0.05) is 5.25 Å². The Morgan fingerprint density at radius 2 is 1.88 bits per heavy atom. The highest BCUT2D eigenvalue weighted by molar-refractivity contribution is 7.98. The average molecular weight is 133 g/mol. The molecule has 2 heteroatoms. The van der Waals surface area contributed by atoms with Crippen molar-refractivity contribution in [2.75, 3.05) is 7.05 Å². The van der Waals surface area contributed by atoms with Crippen molar-refractivity contribution in [1.82, 2.24) is 4.72 Å². The Labute approximate surface area is 56.4 Å². The van der Waals surface area contributed by atoms with E-state index in [1.165, 1.54) is 12.8 Å². The maximum atomic E-state index is 3.09. The van der Waals surface area contributed by atoms with Gasteiger partial charge in [0.25, 0.3) is 0 Å². The van der Waals surface area contributed by atoms with E-state index in [-0.39, 0.29) is 0 Å². The largest absolute Gasteiger partial charge is 0.267 e. The summed E-state index contributed by atoms with van der Waals surface area (Å²) in [6, 6.07) is 0. The lowest BCUT2D eigenvalue weighted by Gasteiger charge is -2.08. The first-order valence-corrected chi connectivity index (χ1v) is 4.05. The third-order valence-corrected chi connectivity index (χ3v) is 2.43. The highest BCUT2D eigenvalue weighted by Gasteiger charge is 1.99. The van der Waals surface area contributed by atoms with Crippen LogP contribution in [0.3, 0.4) is 0 Å². The molecule has 0 spiro atoms. The Bertz CT molecular complexity index is 43.8. The zero-order valence-electron chi connectivity index (χ0n) is 5.90. The van der Waals surface area contributed by atoms with E-state index in [1.54, 1.807) is 0 Å². The maximum absolute atomic E-state index is 3.09. The molecule has 1 nitrogen and oxygen atoms in total. The molecule has 0 aliphatic heterocycles. The van der Waals surface area contributed by atoms with E-state index in [4.69, 9.17) is 0 Å². The topological polar surface area (TPSA) is 12.0 Å². The molecule has 0 amide bonds. The molecule has 0 bridgehead atoms. The van der Waals surface area contributed by atoms with E-state index in [0.717, 1.165) is 5.25 Å². The predicted molar refractivity (Wildman–Crippen MR) is 41.0 cm³/mol. The van der Waals surface area contributed by atoms with Crippen LogP contribution in [0.25, 0.3) is 0 Å². The Morgan fingerprint density at radius 1 is 1.38 bits per heavy atom. The summed E-state index contributed by atoms with van der Waals surface area (Å²) in [6.45, 7) is 4.44. The Hall–Kier alpha value is 0.310. The third kappa shape index (κ3) is 3.33. The SMILES string of the molecule is CCC(CC)SNC. The number of hydrogen-bond donors (Lipinski definition) is 1. The number of nitrogens with one attached hydrogen (secondary N) is 1. The van der Waals surface area contributed by atoms with E-state index in [9.17, 15) is 0 Å². The van der Waals surface area contributed by atoms with Crippen LogP contribution in [0.1, 0.15) is 26.7 Å². The standard InChI is InChI=1S/C6H15NS/c1-4-6(5-2)8-7-3/h6-7H,4-5H2,1-3H3. The molecule has 0 heterocycles. The summed E-state index contributed by atoms with van der Waals surface area (Å²) >= 11 is 1.83. The molecule has 0 fully saturated rings. The van der Waals surface area contributed by atoms with E-state index >= 15 is 0 Å². The minimum atomic E-state index is 0.806. The molecule has 0 radical (unpaired) electrons. The molecule has 8 heavy (non-hydrogen) atoms. The van der Waals surface area contributed by atoms with Crippen molar-refractivity contribution in [1.29, 1.82) is 0 Å². The summed E-state index contributed by atoms with van der Waals surface area (Å²) in [5, 5.41) is 0.806. The molecule has 0 aromatic carbocycles. The van der Waals surface area contributed by atoms with Gasteiger partial charge >= 0.3 is 0 Å². The van der Waals surface area contributed by atoms with Gasteiger partial charge in [0.05, 0.1) is 0 Å². The summed E-state index contributed by atoms with van der Waals surface area (Å²) in [7, 11) is 1.98. The van der Waals surface area contributed by atoms with Crippen molar-refractivity contribution < 1.29 is 0 Å². The van der Waals surface area contributed by atoms with Gasteiger partial charge in [-0.25, -0.2) is 0 Å². The Balaban J connectivity index is 3.07. The van der Waals surface area contributed by atoms with Gasteiger partial charge in [-0.15, -0.1) is 0 Å². The molecular weight excluding hydrogens is 118 g/mol. The molecule has 0 saturated heterocycles. The summed E-state index contributed by atoms with van der Waals surface area (Å²) in [5.41, 5.74) is 0. The molecule has 0 saturated carbocycles. The van der Waals surface area contributed by atoms with E-state index in [0.29, 0.717) is 0 Å². The Kier molecular flexibility index (Phi) is 5.66. The summed E-state index contributed by atoms with van der Waals surface area (Å²) in [4.78, 5) is 0. The van der Waals surface area contributed by atoms with E-state index in [1.807, 2.05) is 19.0 Å². The van der Waals surface area contributed by atoms with Crippen LogP contribution in [0.5, 0.6) is 0 Å². The van der Waals surface area contributed by atoms with Gasteiger partial charge in [-0.3, -0.25) is 4.72 Å². The first kappa shape index (κ1) is 8.31. The van der Waals surface area contributed by atoms with Crippen molar-refractivity contribution in [3.63, 3.8) is 0 Å². The van der Waals surface area contributed by atoms with Crippen LogP contribution in [0, 0.1) is 0 Å². The van der Waals surface area contributed by atoms with Crippen molar-refractivity contribution >= 4 is 11.9 Å². The maximum Gasteiger partial charge on any atom is 0.0187 e. The molecule has 50 valence electrons. The lowest BCUT2D eigenvalue weighted by atomic mass is 10.3. The van der Waals surface area contributed by atoms with Crippen LogP contribution in [0.2, 0.25) is 0 Å². The number of hydrogen-bond acceptors (Lipinski definition) is 2. The quantitative estimate of drug-likeness (QED) is 0.589. The van der Waals surface area contributed by atoms with Crippen LogP contribution in [-0.2, 0) is 0 Å². The average Bonchev–Trinajstić information content (AvgIpc) is 1.83. The van der Waals surface area contributed by atoms with Crippen molar-refractivity contribution in [2.24, 2.45) is 0 Å². The molecule has 0 aromatic rings. The van der Waals surface area contributed by atoms with E-state index in [2.05, 4.69) is 18.6 Å². The monoisotopic (exact) mass is 133 g/mol. The summed E-state index contributed by atoms with van der Waals surface area (Å²) in [5.74, 6) is 0. The van der Waals surface area contributed by atoms with Gasteiger partial charge in [0.15, 0.2) is 0 Å². The molecular formula is C6H15NS. The van der Waals surface area contributed by atoms with Gasteiger partial charge < -0.3 is 0 Å². The fourth-order valence-electron chi connectivity index (χ4n) is 0.622. The van der Waals surface area contributed by atoms with Gasteiger partial charge in [-0.2, -0.15) is 0 Å². The molecule has 0 rings (SSSR count). The second-order valence-corrected chi connectivity index (χ2v) is 3.07. The molecule has 0 atom stereocenters. The minimum absolute atomic E-state index is 0.806. The molecule has 0 unspecified atom stereocenters. The van der Waals surface area contributed by atoms with Crippen molar-refractivity contribution in [2.45, 2.75) is 31.9 Å². The zero-order valence-corrected chi connectivity index (χ0v) is 6.72. The molecule has 0 aliphatic rings. The second-order valence-electron chi connectivity index (χ2n) is 1.76. The first-order valence-electron chi connectivity index (χ1n) is 3.17. The lowest BCUT2D eigenvalue weighted by molar-refractivity contribution is 0.789. The molecule has 1 N–H and O–H groups in total. The van der Waals surface area contributed by atoms with Crippen LogP contribution in [0.15, 0.2) is 0 Å². The van der Waals surface area contributed by atoms with Crippen LogP contribution >= 0.6 is 11.9 Å². The van der Waals surface area contributed by atoms with Crippen LogP contribution < -0.4 is 4.72 Å². The first-order chi connectivity index (χ1) is 3.85. The van der Waals surface area contributed by atoms with Crippen LogP contribution in [0.4, 0.5) is 0 Å². The second kappa shape index (κ2) is 5.45. The minimum Gasteiger partial charge on any atom is -0.267 e. The smallest absolute Gasteiger partial charge is 0.0187 e. The fraction of sp³-hybridized carbons (Fsp3) is 1.00. The highest BCUT2D eigenvalue weighted by atomic mass is 32.2. The van der Waals surface area contributed by atoms with Gasteiger partial charge in [0.1, 0.15) is 0 Å². The van der Waals surface area contributed by atoms with Gasteiger partial charge in [-0.05, 0) is 19.9 Å². The Morgan fingerprint density at radius 3 is 2.00 bits per heavy atom. The highest BCUT2D eigenvalue weighted by Crippen LogP contribution is 2.12. The normalized spacial score (nSPS) is 10.5. The van der Waals surface area contributed by atoms with Crippen molar-refractivity contribution in [3.05, 3.63) is 0 Å². The lowest BCUT2D eigenvalue weighted by Crippen LogP contribution is -2.05. The van der Waals surface area contributed by atoms with Crippen LogP contribution in [-0.4, -0.2) is 12.3 Å². The molecule has 0 aliphatic carbocycles. The zero-order chi connectivity index (χ0) is 6.41. The van der Waals surface area contributed by atoms with Crippen molar-refractivity contribution in [3.8, 4) is 0 Å². The molecule has 0 aromatic heterocycles. The third-order valence-electron chi connectivity index (χ3n) is 1.20. The summed E-state index contributed by atoms with van der Waals surface area (Å²) < 4.78 is 3.09. The van der Waals surface area contributed by atoms with Gasteiger partial charge in [0.2, 0.25) is 0 Å². The fourth-order valence-corrected chi connectivity index (χ4v) is 1.29. The summed E-state index contributed by atoms with van der Waals surface area (Å²) in [6.07, 6.45) is 2.53. The predicted octanol–water partition coefficient (Wildman–Crippen LogP) is 2.04. The van der Waals surface area contributed by atoms with E-state index < -0.39 is 0 Å².